The smallest absolute Gasteiger partial charge is 0.295 e. The molecule has 0 saturated carbocycles. The summed E-state index contributed by atoms with van der Waals surface area (Å²) in [6.07, 6.45) is 5.80. The van der Waals surface area contributed by atoms with Crippen LogP contribution in [-0.2, 0) is 16.1 Å². The van der Waals surface area contributed by atoms with Crippen LogP contribution >= 0.6 is 0 Å². The molecule has 188 valence electrons. The van der Waals surface area contributed by atoms with Crippen LogP contribution in [0.25, 0.3) is 5.76 Å². The van der Waals surface area contributed by atoms with Crippen LogP contribution in [0, 0.1) is 0 Å². The molecule has 4 rings (SSSR count). The Labute approximate surface area is 209 Å². The number of amides is 1. The Morgan fingerprint density at radius 1 is 1.03 bits per heavy atom. The zero-order chi connectivity index (χ0) is 25.7. The number of carbonyl (C=O) groups is 2. The van der Waals surface area contributed by atoms with Gasteiger partial charge in [0.2, 0.25) is 0 Å². The summed E-state index contributed by atoms with van der Waals surface area (Å²) in [6.45, 7) is 3.28. The molecule has 1 N–H and O–H groups in total. The second-order valence-corrected chi connectivity index (χ2v) is 8.21. The second kappa shape index (κ2) is 11.0. The number of benzene rings is 2. The number of ether oxygens (including phenoxy) is 3. The number of rotatable bonds is 10. The molecule has 2 heterocycles. The van der Waals surface area contributed by atoms with E-state index < -0.39 is 17.7 Å². The van der Waals surface area contributed by atoms with Crippen LogP contribution in [0.2, 0.25) is 0 Å². The lowest BCUT2D eigenvalue weighted by Gasteiger charge is -2.27. The van der Waals surface area contributed by atoms with Crippen molar-refractivity contribution in [3.05, 3.63) is 77.9 Å². The van der Waals surface area contributed by atoms with Gasteiger partial charge in [-0.3, -0.25) is 9.59 Å². The van der Waals surface area contributed by atoms with E-state index in [0.717, 1.165) is 0 Å². The topological polar surface area (TPSA) is 103 Å². The van der Waals surface area contributed by atoms with Crippen molar-refractivity contribution >= 4 is 17.4 Å². The number of imidazole rings is 1. The van der Waals surface area contributed by atoms with Gasteiger partial charge in [0.05, 0.1) is 38.8 Å². The summed E-state index contributed by atoms with van der Waals surface area (Å²) < 4.78 is 18.4. The lowest BCUT2D eigenvalue weighted by Crippen LogP contribution is -2.31. The summed E-state index contributed by atoms with van der Waals surface area (Å²) in [5.41, 5.74) is 0.950. The minimum atomic E-state index is -0.857. The summed E-state index contributed by atoms with van der Waals surface area (Å²) in [4.78, 5) is 32.1. The highest BCUT2D eigenvalue weighted by Gasteiger charge is 2.47. The Morgan fingerprint density at radius 3 is 2.42 bits per heavy atom. The highest BCUT2D eigenvalue weighted by molar-refractivity contribution is 6.46. The lowest BCUT2D eigenvalue weighted by atomic mass is 9.94. The van der Waals surface area contributed by atoms with Crippen LogP contribution in [0.5, 0.6) is 17.2 Å². The summed E-state index contributed by atoms with van der Waals surface area (Å²) in [7, 11) is 3.05. The fourth-order valence-corrected chi connectivity index (χ4v) is 4.36. The molecule has 0 unspecified atom stereocenters. The standard InChI is InChI=1S/C27H29N3O6/c1-4-36-19-8-6-18(7-9-19)25(31)23-24(21-16-20(34-2)10-11-22(21)35-3)30(27(33)26(23)32)14-5-13-29-15-12-28-17-29/h6-12,15-17,24,31H,4-5,13-14H2,1-3H3/t24-/m1/s1. The van der Waals surface area contributed by atoms with E-state index in [1.165, 1.54) is 19.1 Å². The largest absolute Gasteiger partial charge is 0.507 e. The Morgan fingerprint density at radius 2 is 1.78 bits per heavy atom. The number of Topliss-reactive ketones (excluding diaryl/α,β-unsaturated/α-hetero) is 1. The van der Waals surface area contributed by atoms with Crippen LogP contribution in [-0.4, -0.2) is 58.6 Å². The number of ketones is 1. The number of aliphatic hydroxyl groups excluding tert-OH is 1. The van der Waals surface area contributed by atoms with Crippen LogP contribution in [0.3, 0.4) is 0 Å². The summed E-state index contributed by atoms with van der Waals surface area (Å²) >= 11 is 0. The molecule has 9 heteroatoms. The molecule has 1 aliphatic rings. The SMILES string of the molecule is CCOc1ccc(C(O)=C2C(=O)C(=O)N(CCCn3ccnc3)[C@@H]2c2cc(OC)ccc2OC)cc1. The summed E-state index contributed by atoms with van der Waals surface area (Å²) in [5, 5.41) is 11.3. The molecule has 1 atom stereocenters. The van der Waals surface area contributed by atoms with E-state index in [0.29, 0.717) is 47.9 Å². The molecular formula is C27H29N3O6. The normalized spacial score (nSPS) is 16.9. The third-order valence-electron chi connectivity index (χ3n) is 6.08. The molecule has 3 aromatic rings. The van der Waals surface area contributed by atoms with Gasteiger partial charge >= 0.3 is 0 Å². The first kappa shape index (κ1) is 24.8. The van der Waals surface area contributed by atoms with Gasteiger partial charge in [0.25, 0.3) is 11.7 Å². The van der Waals surface area contributed by atoms with Gasteiger partial charge in [-0.1, -0.05) is 0 Å². The van der Waals surface area contributed by atoms with E-state index in [9.17, 15) is 14.7 Å². The first-order valence-corrected chi connectivity index (χ1v) is 11.7. The third-order valence-corrected chi connectivity index (χ3v) is 6.08. The number of likely N-dealkylation sites (tertiary alicyclic amines) is 1. The summed E-state index contributed by atoms with van der Waals surface area (Å²) in [6, 6.07) is 11.1. The number of aliphatic hydroxyl groups is 1. The highest BCUT2D eigenvalue weighted by atomic mass is 16.5. The zero-order valence-electron chi connectivity index (χ0n) is 20.5. The van der Waals surface area contributed by atoms with Gasteiger partial charge in [-0.05, 0) is 55.8 Å². The number of nitrogens with zero attached hydrogens (tertiary/aromatic N) is 3. The van der Waals surface area contributed by atoms with Crippen LogP contribution in [0.1, 0.15) is 30.5 Å². The van der Waals surface area contributed by atoms with Crippen LogP contribution < -0.4 is 14.2 Å². The molecule has 1 saturated heterocycles. The van der Waals surface area contributed by atoms with Gasteiger partial charge in [-0.2, -0.15) is 0 Å². The minimum Gasteiger partial charge on any atom is -0.507 e. The van der Waals surface area contributed by atoms with E-state index in [4.69, 9.17) is 14.2 Å². The maximum absolute atomic E-state index is 13.3. The van der Waals surface area contributed by atoms with Gasteiger partial charge < -0.3 is 28.8 Å². The van der Waals surface area contributed by atoms with Crippen molar-refractivity contribution in [1.82, 2.24) is 14.5 Å². The predicted molar refractivity (Wildman–Crippen MR) is 133 cm³/mol. The number of hydrogen-bond donors (Lipinski definition) is 1. The molecule has 1 fully saturated rings. The molecule has 1 aliphatic heterocycles. The molecule has 0 spiro atoms. The quantitative estimate of drug-likeness (QED) is 0.261. The molecule has 1 amide bonds. The molecule has 2 aromatic carbocycles. The summed E-state index contributed by atoms with van der Waals surface area (Å²) in [5.74, 6) is -0.0407. The van der Waals surface area contributed by atoms with Crippen molar-refractivity contribution in [2.24, 2.45) is 0 Å². The molecule has 36 heavy (non-hydrogen) atoms. The van der Waals surface area contributed by atoms with E-state index in [1.807, 2.05) is 17.7 Å². The van der Waals surface area contributed by atoms with E-state index in [-0.39, 0.29) is 17.9 Å². The van der Waals surface area contributed by atoms with Gasteiger partial charge in [0.1, 0.15) is 23.0 Å². The Kier molecular flexibility index (Phi) is 7.58. The van der Waals surface area contributed by atoms with Crippen molar-refractivity contribution in [1.29, 1.82) is 0 Å². The van der Waals surface area contributed by atoms with Gasteiger partial charge in [0, 0.05) is 36.6 Å². The zero-order valence-corrected chi connectivity index (χ0v) is 20.5. The van der Waals surface area contributed by atoms with Crippen molar-refractivity contribution in [2.45, 2.75) is 25.9 Å². The molecule has 0 radical (unpaired) electrons. The lowest BCUT2D eigenvalue weighted by molar-refractivity contribution is -0.140. The highest BCUT2D eigenvalue weighted by Crippen LogP contribution is 2.44. The Hall–Kier alpha value is -4.27. The van der Waals surface area contributed by atoms with Gasteiger partial charge in [-0.15, -0.1) is 0 Å². The van der Waals surface area contributed by atoms with Crippen molar-refractivity contribution in [3.8, 4) is 17.2 Å². The Bertz CT molecular complexity index is 1250. The number of carbonyl (C=O) groups excluding carboxylic acids is 2. The Balaban J connectivity index is 1.79. The molecular weight excluding hydrogens is 462 g/mol. The van der Waals surface area contributed by atoms with Gasteiger partial charge in [0.15, 0.2) is 0 Å². The fourth-order valence-electron chi connectivity index (χ4n) is 4.36. The molecule has 9 nitrogen and oxygen atoms in total. The first-order chi connectivity index (χ1) is 17.5. The van der Waals surface area contributed by atoms with Crippen molar-refractivity contribution in [2.75, 3.05) is 27.4 Å². The van der Waals surface area contributed by atoms with E-state index >= 15 is 0 Å². The van der Waals surface area contributed by atoms with Crippen LogP contribution in [0.15, 0.2) is 66.8 Å². The first-order valence-electron chi connectivity index (χ1n) is 11.7. The van der Waals surface area contributed by atoms with E-state index in [1.54, 1.807) is 55.0 Å². The average molecular weight is 492 g/mol. The maximum atomic E-state index is 13.3. The minimum absolute atomic E-state index is 0.00153. The average Bonchev–Trinajstić information content (AvgIpc) is 3.51. The predicted octanol–water partition coefficient (Wildman–Crippen LogP) is 3.81. The van der Waals surface area contributed by atoms with Crippen LogP contribution in [0.4, 0.5) is 0 Å². The molecule has 0 aliphatic carbocycles. The molecule has 0 bridgehead atoms. The van der Waals surface area contributed by atoms with Gasteiger partial charge in [-0.25, -0.2) is 4.98 Å². The number of methoxy groups -OCH3 is 2. The van der Waals surface area contributed by atoms with Crippen molar-refractivity contribution < 1.29 is 28.9 Å². The third kappa shape index (κ3) is 4.91. The van der Waals surface area contributed by atoms with E-state index in [2.05, 4.69) is 4.98 Å². The molecule has 1 aromatic heterocycles. The number of aryl methyl sites for hydroxylation is 1. The monoisotopic (exact) mass is 491 g/mol. The number of hydrogen-bond acceptors (Lipinski definition) is 7. The number of aromatic nitrogens is 2. The maximum Gasteiger partial charge on any atom is 0.295 e. The second-order valence-electron chi connectivity index (χ2n) is 8.21. The van der Waals surface area contributed by atoms with Crippen molar-refractivity contribution in [3.63, 3.8) is 0 Å². The fraction of sp³-hybridized carbons (Fsp3) is 0.296.